The SMILES string of the molecule is Cc1cc(C2CCC(C)CO2)cc(C)c1C(=O)F.Cc1ccc(F)cc1F. The summed E-state index contributed by atoms with van der Waals surface area (Å²) in [5.74, 6) is -0.414. The molecular weight excluding hydrogens is 353 g/mol. The highest BCUT2D eigenvalue weighted by Gasteiger charge is 2.22. The van der Waals surface area contributed by atoms with Gasteiger partial charge in [0, 0.05) is 12.7 Å². The standard InChI is InChI=1S/C15H19FO2.C7H6F2/c1-9-4-5-13(18-8-9)12-6-10(2)14(15(16)17)11(3)7-12;1-5-2-3-6(8)4-7(5)9/h6-7,9,13H,4-5,8H2,1-3H3;2-4H,1H3. The van der Waals surface area contributed by atoms with E-state index in [1.165, 1.54) is 12.1 Å². The third-order valence-corrected chi connectivity index (χ3v) is 4.76. The van der Waals surface area contributed by atoms with Crippen LogP contribution < -0.4 is 0 Å². The normalized spacial score (nSPS) is 19.2. The molecule has 0 N–H and O–H groups in total. The Bertz CT molecular complexity index is 786. The van der Waals surface area contributed by atoms with Crippen LogP contribution in [-0.4, -0.2) is 12.6 Å². The summed E-state index contributed by atoms with van der Waals surface area (Å²) < 4.78 is 43.2. The molecule has 0 amide bonds. The van der Waals surface area contributed by atoms with Gasteiger partial charge in [-0.3, -0.25) is 4.79 Å². The quantitative estimate of drug-likeness (QED) is 0.584. The smallest absolute Gasteiger partial charge is 0.332 e. The summed E-state index contributed by atoms with van der Waals surface area (Å²) in [5, 5.41) is 0. The largest absolute Gasteiger partial charge is 0.373 e. The molecule has 1 aliphatic heterocycles. The molecule has 5 heteroatoms. The summed E-state index contributed by atoms with van der Waals surface area (Å²) in [6, 6.07) is 5.91. The molecule has 0 radical (unpaired) electrons. The van der Waals surface area contributed by atoms with Crippen molar-refractivity contribution in [1.29, 1.82) is 0 Å². The molecule has 0 aromatic heterocycles. The van der Waals surface area contributed by atoms with E-state index >= 15 is 0 Å². The predicted molar refractivity (Wildman–Crippen MR) is 99.5 cm³/mol. The molecule has 2 aromatic rings. The molecule has 2 aromatic carbocycles. The fraction of sp³-hybridized carbons (Fsp3) is 0.409. The number of carbonyl (C=O) groups is 1. The molecule has 1 aliphatic rings. The second kappa shape index (κ2) is 9.18. The van der Waals surface area contributed by atoms with Gasteiger partial charge in [-0.1, -0.05) is 25.1 Å². The molecule has 27 heavy (non-hydrogen) atoms. The molecule has 1 heterocycles. The summed E-state index contributed by atoms with van der Waals surface area (Å²) >= 11 is 0. The first-order valence-corrected chi connectivity index (χ1v) is 9.03. The number of aryl methyl sites for hydroxylation is 3. The maximum absolute atomic E-state index is 12.9. The van der Waals surface area contributed by atoms with Crippen LogP contribution >= 0.6 is 0 Å². The predicted octanol–water partition coefficient (Wildman–Crippen LogP) is 6.17. The number of rotatable bonds is 2. The molecular formula is C22H25F3O2. The molecule has 0 bridgehead atoms. The van der Waals surface area contributed by atoms with E-state index in [1.807, 2.05) is 12.1 Å². The number of carbonyl (C=O) groups excluding carboxylic acids is 1. The molecule has 2 atom stereocenters. The fourth-order valence-corrected chi connectivity index (χ4v) is 3.21. The Morgan fingerprint density at radius 1 is 1.00 bits per heavy atom. The zero-order chi connectivity index (χ0) is 20.1. The van der Waals surface area contributed by atoms with E-state index in [1.54, 1.807) is 20.8 Å². The average molecular weight is 378 g/mol. The molecule has 3 rings (SSSR count). The van der Waals surface area contributed by atoms with Gasteiger partial charge in [-0.15, -0.1) is 0 Å². The first kappa shape index (κ1) is 21.2. The lowest BCUT2D eigenvalue weighted by Gasteiger charge is -2.28. The van der Waals surface area contributed by atoms with Gasteiger partial charge in [0.1, 0.15) is 11.6 Å². The maximum atomic E-state index is 12.9. The van der Waals surface area contributed by atoms with Crippen LogP contribution in [0.5, 0.6) is 0 Å². The van der Waals surface area contributed by atoms with E-state index in [4.69, 9.17) is 4.74 Å². The molecule has 0 spiro atoms. The van der Waals surface area contributed by atoms with E-state index in [0.717, 1.165) is 31.1 Å². The van der Waals surface area contributed by atoms with Crippen molar-refractivity contribution < 1.29 is 22.7 Å². The minimum atomic E-state index is -1.35. The number of ether oxygens (including phenoxy) is 1. The highest BCUT2D eigenvalue weighted by Crippen LogP contribution is 2.32. The minimum Gasteiger partial charge on any atom is -0.373 e. The van der Waals surface area contributed by atoms with Crippen molar-refractivity contribution in [3.05, 3.63) is 69.8 Å². The van der Waals surface area contributed by atoms with Crippen LogP contribution in [0, 0.1) is 38.3 Å². The number of halogens is 3. The number of benzene rings is 2. The lowest BCUT2D eigenvalue weighted by Crippen LogP contribution is -2.19. The molecule has 146 valence electrons. The van der Waals surface area contributed by atoms with Gasteiger partial charge in [-0.2, -0.15) is 4.39 Å². The molecule has 1 saturated heterocycles. The van der Waals surface area contributed by atoms with E-state index in [-0.39, 0.29) is 11.7 Å². The van der Waals surface area contributed by atoms with Crippen molar-refractivity contribution in [3.8, 4) is 0 Å². The Labute approximate surface area is 158 Å². The second-order valence-corrected chi connectivity index (χ2v) is 7.20. The van der Waals surface area contributed by atoms with Gasteiger partial charge in [0.25, 0.3) is 0 Å². The van der Waals surface area contributed by atoms with Crippen LogP contribution in [0.15, 0.2) is 30.3 Å². The van der Waals surface area contributed by atoms with Crippen molar-refractivity contribution in [3.63, 3.8) is 0 Å². The first-order chi connectivity index (χ1) is 12.7. The summed E-state index contributed by atoms with van der Waals surface area (Å²) in [7, 11) is 0. The summed E-state index contributed by atoms with van der Waals surface area (Å²) in [5.41, 5.74) is 3.11. The van der Waals surface area contributed by atoms with E-state index in [2.05, 4.69) is 6.92 Å². The Hall–Kier alpha value is -2.14. The van der Waals surface area contributed by atoms with Crippen molar-refractivity contribution in [2.75, 3.05) is 6.61 Å². The first-order valence-electron chi connectivity index (χ1n) is 9.03. The molecule has 1 fully saturated rings. The Morgan fingerprint density at radius 3 is 2.07 bits per heavy atom. The number of hydrogen-bond acceptors (Lipinski definition) is 2. The fourth-order valence-electron chi connectivity index (χ4n) is 3.21. The summed E-state index contributed by atoms with van der Waals surface area (Å²) in [4.78, 5) is 10.9. The van der Waals surface area contributed by atoms with Crippen LogP contribution in [-0.2, 0) is 4.74 Å². The van der Waals surface area contributed by atoms with Gasteiger partial charge >= 0.3 is 6.04 Å². The van der Waals surface area contributed by atoms with Crippen molar-refractivity contribution in [2.24, 2.45) is 5.92 Å². The Morgan fingerprint density at radius 2 is 1.63 bits per heavy atom. The van der Waals surface area contributed by atoms with Crippen molar-refractivity contribution in [1.82, 2.24) is 0 Å². The van der Waals surface area contributed by atoms with E-state index < -0.39 is 17.7 Å². The topological polar surface area (TPSA) is 26.3 Å². The van der Waals surface area contributed by atoms with Crippen LogP contribution in [0.4, 0.5) is 13.2 Å². The lowest BCUT2D eigenvalue weighted by atomic mass is 9.92. The third-order valence-electron chi connectivity index (χ3n) is 4.76. The van der Waals surface area contributed by atoms with Crippen LogP contribution in [0.25, 0.3) is 0 Å². The van der Waals surface area contributed by atoms with Gasteiger partial charge in [0.2, 0.25) is 0 Å². The maximum Gasteiger partial charge on any atom is 0.332 e. The van der Waals surface area contributed by atoms with Crippen molar-refractivity contribution in [2.45, 2.75) is 46.6 Å². The van der Waals surface area contributed by atoms with Gasteiger partial charge in [-0.25, -0.2) is 8.78 Å². The number of hydrogen-bond donors (Lipinski definition) is 0. The molecule has 0 saturated carbocycles. The highest BCUT2D eigenvalue weighted by molar-refractivity contribution is 5.91. The highest BCUT2D eigenvalue weighted by atomic mass is 19.1. The van der Waals surface area contributed by atoms with Gasteiger partial charge in [0.15, 0.2) is 0 Å². The van der Waals surface area contributed by atoms with E-state index in [9.17, 15) is 18.0 Å². The third kappa shape index (κ3) is 5.67. The monoisotopic (exact) mass is 378 g/mol. The summed E-state index contributed by atoms with van der Waals surface area (Å²) in [6.07, 6.45) is 2.22. The van der Waals surface area contributed by atoms with E-state index in [0.29, 0.717) is 22.6 Å². The molecule has 2 nitrogen and oxygen atoms in total. The van der Waals surface area contributed by atoms with Crippen LogP contribution in [0.3, 0.4) is 0 Å². The van der Waals surface area contributed by atoms with Gasteiger partial charge in [-0.05, 0) is 67.9 Å². The van der Waals surface area contributed by atoms with Crippen LogP contribution in [0.2, 0.25) is 0 Å². The summed E-state index contributed by atoms with van der Waals surface area (Å²) in [6.45, 7) is 8.09. The zero-order valence-corrected chi connectivity index (χ0v) is 16.1. The second-order valence-electron chi connectivity index (χ2n) is 7.20. The average Bonchev–Trinajstić information content (AvgIpc) is 2.58. The van der Waals surface area contributed by atoms with Gasteiger partial charge in [0.05, 0.1) is 11.7 Å². The van der Waals surface area contributed by atoms with Gasteiger partial charge < -0.3 is 4.74 Å². The van der Waals surface area contributed by atoms with Crippen LogP contribution in [0.1, 0.15) is 58.5 Å². The Kier molecular flexibility index (Phi) is 7.19. The van der Waals surface area contributed by atoms with Crippen molar-refractivity contribution >= 4 is 6.04 Å². The minimum absolute atomic E-state index is 0.0855. The molecule has 0 aliphatic carbocycles. The Balaban J connectivity index is 0.000000244. The zero-order valence-electron chi connectivity index (χ0n) is 16.1. The lowest BCUT2D eigenvalue weighted by molar-refractivity contribution is -0.0124. The molecule has 2 unspecified atom stereocenters.